The van der Waals surface area contributed by atoms with Gasteiger partial charge in [0.15, 0.2) is 11.5 Å². The minimum absolute atomic E-state index is 0.00544. The summed E-state index contributed by atoms with van der Waals surface area (Å²) in [4.78, 5) is 25.7. The van der Waals surface area contributed by atoms with Crippen LogP contribution in [0.5, 0.6) is 0 Å². The van der Waals surface area contributed by atoms with Gasteiger partial charge in [0.05, 0.1) is 22.3 Å². The van der Waals surface area contributed by atoms with E-state index in [1.54, 1.807) is 36.9 Å². The smallest absolute Gasteiger partial charge is 0.276 e. The summed E-state index contributed by atoms with van der Waals surface area (Å²) in [5, 5.41) is 14.6. The van der Waals surface area contributed by atoms with Gasteiger partial charge in [0, 0.05) is 30.0 Å². The van der Waals surface area contributed by atoms with Gasteiger partial charge in [-0.2, -0.15) is 10.2 Å². The van der Waals surface area contributed by atoms with Gasteiger partial charge in [-0.05, 0) is 42.8 Å². The summed E-state index contributed by atoms with van der Waals surface area (Å²) >= 11 is 5.86. The van der Waals surface area contributed by atoms with E-state index in [4.69, 9.17) is 11.6 Å². The zero-order valence-electron chi connectivity index (χ0n) is 18.1. The molecule has 0 bridgehead atoms. The van der Waals surface area contributed by atoms with Crippen molar-refractivity contribution in [3.05, 3.63) is 88.6 Å². The van der Waals surface area contributed by atoms with Crippen LogP contribution in [0.2, 0.25) is 5.02 Å². The third-order valence-electron chi connectivity index (χ3n) is 5.53. The Labute approximate surface area is 197 Å². The van der Waals surface area contributed by atoms with Gasteiger partial charge in [-0.25, -0.2) is 8.91 Å². The molecule has 5 aromatic rings. The summed E-state index contributed by atoms with van der Waals surface area (Å²) in [5.41, 5.74) is 2.98. The van der Waals surface area contributed by atoms with Gasteiger partial charge in [-0.15, -0.1) is 0 Å². The van der Waals surface area contributed by atoms with E-state index in [0.29, 0.717) is 22.6 Å². The summed E-state index contributed by atoms with van der Waals surface area (Å²) in [5.74, 6) is -1.59. The van der Waals surface area contributed by atoms with Crippen molar-refractivity contribution in [2.24, 2.45) is 7.05 Å². The van der Waals surface area contributed by atoms with Crippen molar-refractivity contribution in [2.45, 2.75) is 6.92 Å². The SMILES string of the molecule is Cc1cc(NC(=O)c2nn(C)c3ccccc23)ccc1NC(=O)c1cnn2ccc(Cl)c(F)c12. The number of nitrogens with zero attached hydrogens (tertiary/aromatic N) is 4. The maximum Gasteiger partial charge on any atom is 0.276 e. The fourth-order valence-electron chi connectivity index (χ4n) is 3.83. The molecule has 2 aromatic carbocycles. The van der Waals surface area contributed by atoms with Crippen LogP contribution in [0, 0.1) is 12.7 Å². The van der Waals surface area contributed by atoms with Gasteiger partial charge in [-0.3, -0.25) is 14.3 Å². The molecule has 0 spiro atoms. The zero-order valence-corrected chi connectivity index (χ0v) is 18.9. The number of halogens is 2. The summed E-state index contributed by atoms with van der Waals surface area (Å²) in [7, 11) is 1.78. The van der Waals surface area contributed by atoms with Crippen LogP contribution in [0.3, 0.4) is 0 Å². The molecule has 0 aliphatic heterocycles. The molecule has 0 aliphatic carbocycles. The summed E-state index contributed by atoms with van der Waals surface area (Å²) < 4.78 is 17.4. The molecule has 0 saturated heterocycles. The normalized spacial score (nSPS) is 11.2. The monoisotopic (exact) mass is 476 g/mol. The van der Waals surface area contributed by atoms with Crippen molar-refractivity contribution in [1.82, 2.24) is 19.4 Å². The molecule has 0 aliphatic rings. The predicted molar refractivity (Wildman–Crippen MR) is 128 cm³/mol. The van der Waals surface area contributed by atoms with E-state index in [0.717, 1.165) is 10.9 Å². The van der Waals surface area contributed by atoms with Crippen LogP contribution in [0.25, 0.3) is 16.4 Å². The van der Waals surface area contributed by atoms with E-state index >= 15 is 0 Å². The second-order valence-electron chi connectivity index (χ2n) is 7.76. The largest absolute Gasteiger partial charge is 0.322 e. The van der Waals surface area contributed by atoms with Crippen molar-refractivity contribution in [1.29, 1.82) is 0 Å². The van der Waals surface area contributed by atoms with Crippen LogP contribution in [0.4, 0.5) is 15.8 Å². The van der Waals surface area contributed by atoms with E-state index in [2.05, 4.69) is 20.8 Å². The predicted octanol–water partition coefficient (Wildman–Crippen LogP) is 4.83. The van der Waals surface area contributed by atoms with Gasteiger partial charge in [0.2, 0.25) is 0 Å². The highest BCUT2D eigenvalue weighted by atomic mass is 35.5. The Morgan fingerprint density at radius 1 is 1.06 bits per heavy atom. The minimum Gasteiger partial charge on any atom is -0.322 e. The molecule has 0 radical (unpaired) electrons. The van der Waals surface area contributed by atoms with Crippen molar-refractivity contribution < 1.29 is 14.0 Å². The topological polar surface area (TPSA) is 93.3 Å². The molecule has 0 atom stereocenters. The first-order valence-corrected chi connectivity index (χ1v) is 10.7. The summed E-state index contributed by atoms with van der Waals surface area (Å²) in [6.45, 7) is 1.79. The Morgan fingerprint density at radius 3 is 2.65 bits per heavy atom. The van der Waals surface area contributed by atoms with Gasteiger partial charge in [0.25, 0.3) is 11.8 Å². The van der Waals surface area contributed by atoms with Gasteiger partial charge in [-0.1, -0.05) is 29.8 Å². The van der Waals surface area contributed by atoms with E-state index in [1.807, 2.05) is 24.3 Å². The first kappa shape index (κ1) is 21.6. The number of benzene rings is 2. The number of anilines is 2. The molecule has 0 saturated carbocycles. The lowest BCUT2D eigenvalue weighted by Crippen LogP contribution is -2.15. The Balaban J connectivity index is 1.36. The highest BCUT2D eigenvalue weighted by Crippen LogP contribution is 2.25. The molecule has 170 valence electrons. The standard InChI is InChI=1S/C24H18ClFN6O2/c1-13-11-14(28-24(34)21-15-5-3-4-6-19(15)31(2)30-21)7-8-18(13)29-23(33)16-12-27-32-10-9-17(25)20(26)22(16)32/h3-12H,1-2H3,(H,28,34)(H,29,33). The van der Waals surface area contributed by atoms with Crippen LogP contribution in [-0.4, -0.2) is 31.2 Å². The van der Waals surface area contributed by atoms with Gasteiger partial charge >= 0.3 is 0 Å². The number of rotatable bonds is 4. The molecule has 10 heteroatoms. The van der Waals surface area contributed by atoms with E-state index in [-0.39, 0.29) is 22.0 Å². The van der Waals surface area contributed by atoms with Crippen molar-refractivity contribution in [3.8, 4) is 0 Å². The summed E-state index contributed by atoms with van der Waals surface area (Å²) in [6.07, 6.45) is 2.76. The molecular weight excluding hydrogens is 459 g/mol. The van der Waals surface area contributed by atoms with Crippen molar-refractivity contribution in [3.63, 3.8) is 0 Å². The molecule has 2 amide bonds. The van der Waals surface area contributed by atoms with Gasteiger partial charge < -0.3 is 10.6 Å². The number of carbonyl (C=O) groups is 2. The van der Waals surface area contributed by atoms with Crippen LogP contribution >= 0.6 is 11.6 Å². The van der Waals surface area contributed by atoms with E-state index in [1.165, 1.54) is 23.0 Å². The Kier molecular flexibility index (Phi) is 5.25. The highest BCUT2D eigenvalue weighted by Gasteiger charge is 2.20. The number of hydrogen-bond acceptors (Lipinski definition) is 4. The number of aryl methyl sites for hydroxylation is 2. The second-order valence-corrected chi connectivity index (χ2v) is 8.16. The number of para-hydroxylation sites is 1. The fourth-order valence-corrected chi connectivity index (χ4v) is 3.97. The maximum atomic E-state index is 14.5. The van der Waals surface area contributed by atoms with Gasteiger partial charge in [0.1, 0.15) is 5.52 Å². The number of carbonyl (C=O) groups excluding carboxylic acids is 2. The quantitative estimate of drug-likeness (QED) is 0.388. The molecule has 34 heavy (non-hydrogen) atoms. The lowest BCUT2D eigenvalue weighted by atomic mass is 10.1. The average Bonchev–Trinajstić information content (AvgIpc) is 3.40. The second kappa shape index (κ2) is 8.27. The van der Waals surface area contributed by atoms with E-state index < -0.39 is 11.7 Å². The lowest BCUT2D eigenvalue weighted by molar-refractivity contribution is 0.101. The van der Waals surface area contributed by atoms with Crippen LogP contribution in [-0.2, 0) is 7.05 Å². The molecule has 2 N–H and O–H groups in total. The van der Waals surface area contributed by atoms with Crippen LogP contribution in [0.1, 0.15) is 26.4 Å². The minimum atomic E-state index is -0.719. The Morgan fingerprint density at radius 2 is 1.85 bits per heavy atom. The third kappa shape index (κ3) is 3.65. The molecular formula is C24H18ClFN6O2. The molecule has 3 heterocycles. The number of hydrogen-bond donors (Lipinski definition) is 2. The first-order valence-electron chi connectivity index (χ1n) is 10.3. The van der Waals surface area contributed by atoms with Crippen molar-refractivity contribution >= 4 is 51.2 Å². The third-order valence-corrected chi connectivity index (χ3v) is 5.82. The van der Waals surface area contributed by atoms with Crippen molar-refractivity contribution in [2.75, 3.05) is 10.6 Å². The Bertz CT molecular complexity index is 1610. The maximum absolute atomic E-state index is 14.5. The van der Waals surface area contributed by atoms with Crippen LogP contribution < -0.4 is 10.6 Å². The first-order chi connectivity index (χ1) is 16.3. The lowest BCUT2D eigenvalue weighted by Gasteiger charge is -2.11. The van der Waals surface area contributed by atoms with Crippen LogP contribution in [0.15, 0.2) is 60.9 Å². The molecule has 3 aromatic heterocycles. The number of aromatic nitrogens is 4. The highest BCUT2D eigenvalue weighted by molar-refractivity contribution is 6.31. The zero-order chi connectivity index (χ0) is 24.0. The Hall–Kier alpha value is -4.24. The molecule has 8 nitrogen and oxygen atoms in total. The number of fused-ring (bicyclic) bond motifs is 2. The summed E-state index contributed by atoms with van der Waals surface area (Å²) in [6, 6.07) is 13.9. The number of nitrogens with one attached hydrogen (secondary N) is 2. The molecule has 0 unspecified atom stereocenters. The molecule has 5 rings (SSSR count). The molecule has 0 fully saturated rings. The fraction of sp³-hybridized carbons (Fsp3) is 0.0833. The average molecular weight is 477 g/mol. The number of pyridine rings is 1. The number of amides is 2. The van der Waals surface area contributed by atoms with E-state index in [9.17, 15) is 14.0 Å².